The third-order valence-electron chi connectivity index (χ3n) is 5.40. The fraction of sp³-hybridized carbons (Fsp3) is 0.364. The van der Waals surface area contributed by atoms with Crippen molar-refractivity contribution in [2.24, 2.45) is 0 Å². The number of nitrogens with one attached hydrogen (secondary N) is 2. The first-order valence-electron chi connectivity index (χ1n) is 9.76. The summed E-state index contributed by atoms with van der Waals surface area (Å²) in [5.74, 6) is -0.0871. The number of hydrogen-bond donors (Lipinski definition) is 2. The van der Waals surface area contributed by atoms with Gasteiger partial charge in [0.25, 0.3) is 5.91 Å². The highest BCUT2D eigenvalue weighted by molar-refractivity contribution is 6.30. The highest BCUT2D eigenvalue weighted by Gasteiger charge is 2.30. The van der Waals surface area contributed by atoms with Crippen molar-refractivity contribution in [3.8, 4) is 0 Å². The number of rotatable bonds is 4. The van der Waals surface area contributed by atoms with E-state index in [-0.39, 0.29) is 18.0 Å². The van der Waals surface area contributed by atoms with Gasteiger partial charge in [-0.1, -0.05) is 29.8 Å². The Kier molecular flexibility index (Phi) is 5.27. The van der Waals surface area contributed by atoms with Crippen LogP contribution in [0.2, 0.25) is 5.02 Å². The second kappa shape index (κ2) is 7.84. The normalized spacial score (nSPS) is 18.8. The van der Waals surface area contributed by atoms with Crippen molar-refractivity contribution < 1.29 is 9.59 Å². The number of aryl methyl sites for hydroxylation is 1. The molecule has 1 atom stereocenters. The number of benzene rings is 2. The second-order valence-electron chi connectivity index (χ2n) is 7.61. The van der Waals surface area contributed by atoms with E-state index in [1.165, 1.54) is 0 Å². The molecule has 2 aliphatic rings. The van der Waals surface area contributed by atoms with Gasteiger partial charge >= 0.3 is 6.03 Å². The van der Waals surface area contributed by atoms with E-state index in [0.717, 1.165) is 36.8 Å². The summed E-state index contributed by atoms with van der Waals surface area (Å²) in [6.45, 7) is 2.63. The summed E-state index contributed by atoms with van der Waals surface area (Å²) in [5.41, 5.74) is 3.22. The average molecular weight is 398 g/mol. The van der Waals surface area contributed by atoms with Crippen molar-refractivity contribution >= 4 is 29.2 Å². The van der Waals surface area contributed by atoms with Crippen molar-refractivity contribution in [1.29, 1.82) is 0 Å². The molecule has 1 aliphatic carbocycles. The van der Waals surface area contributed by atoms with E-state index in [0.29, 0.717) is 28.9 Å². The number of amides is 3. The minimum atomic E-state index is -0.148. The summed E-state index contributed by atoms with van der Waals surface area (Å²) in [6.07, 6.45) is 3.95. The molecule has 5 nitrogen and oxygen atoms in total. The highest BCUT2D eigenvalue weighted by atomic mass is 35.5. The number of hydrogen-bond acceptors (Lipinski definition) is 2. The Morgan fingerprint density at radius 3 is 2.68 bits per heavy atom. The van der Waals surface area contributed by atoms with Crippen LogP contribution in [0.25, 0.3) is 0 Å². The molecule has 1 saturated heterocycles. The van der Waals surface area contributed by atoms with Crippen LogP contribution in [0.15, 0.2) is 42.5 Å². The number of anilines is 1. The lowest BCUT2D eigenvalue weighted by atomic mass is 10.0. The summed E-state index contributed by atoms with van der Waals surface area (Å²) in [4.78, 5) is 27.2. The smallest absolute Gasteiger partial charge is 0.322 e. The molecule has 28 heavy (non-hydrogen) atoms. The molecule has 146 valence electrons. The Morgan fingerprint density at radius 1 is 1.11 bits per heavy atom. The molecule has 1 saturated carbocycles. The maximum atomic E-state index is 13.0. The SMILES string of the molecule is Cc1ccc(C(=O)NC2CC2)cc1NC(=O)N1CCCC1c1cccc(Cl)c1. The Bertz CT molecular complexity index is 910. The third-order valence-corrected chi connectivity index (χ3v) is 5.64. The van der Waals surface area contributed by atoms with Gasteiger partial charge in [-0.15, -0.1) is 0 Å². The van der Waals surface area contributed by atoms with Gasteiger partial charge in [0, 0.05) is 28.9 Å². The fourth-order valence-electron chi connectivity index (χ4n) is 3.65. The summed E-state index contributed by atoms with van der Waals surface area (Å²) >= 11 is 6.13. The quantitative estimate of drug-likeness (QED) is 0.769. The second-order valence-corrected chi connectivity index (χ2v) is 8.05. The number of nitrogens with zero attached hydrogens (tertiary/aromatic N) is 1. The van der Waals surface area contributed by atoms with Gasteiger partial charge in [-0.2, -0.15) is 0 Å². The van der Waals surface area contributed by atoms with Crippen LogP contribution in [-0.2, 0) is 0 Å². The zero-order valence-electron chi connectivity index (χ0n) is 15.9. The first-order chi connectivity index (χ1) is 13.5. The Hall–Kier alpha value is -2.53. The minimum absolute atomic E-state index is 0.0142. The summed E-state index contributed by atoms with van der Waals surface area (Å²) in [7, 11) is 0. The first kappa shape index (κ1) is 18.8. The highest BCUT2D eigenvalue weighted by Crippen LogP contribution is 2.33. The average Bonchev–Trinajstić information content (AvgIpc) is 3.34. The topological polar surface area (TPSA) is 61.4 Å². The molecule has 0 radical (unpaired) electrons. The largest absolute Gasteiger partial charge is 0.349 e. The third kappa shape index (κ3) is 4.14. The van der Waals surface area contributed by atoms with E-state index < -0.39 is 0 Å². The van der Waals surface area contributed by atoms with Gasteiger partial charge in [0.15, 0.2) is 0 Å². The molecule has 1 heterocycles. The van der Waals surface area contributed by atoms with Gasteiger partial charge in [0.2, 0.25) is 0 Å². The molecule has 4 rings (SSSR count). The predicted octanol–water partition coefficient (Wildman–Crippen LogP) is 4.91. The molecular formula is C22H24ClN3O2. The van der Waals surface area contributed by atoms with Crippen LogP contribution in [0, 0.1) is 6.92 Å². The van der Waals surface area contributed by atoms with Crippen LogP contribution in [0.5, 0.6) is 0 Å². The molecule has 0 bridgehead atoms. The number of likely N-dealkylation sites (tertiary alicyclic amines) is 1. The number of halogens is 1. The van der Waals surface area contributed by atoms with Crippen molar-refractivity contribution in [3.05, 3.63) is 64.2 Å². The Morgan fingerprint density at radius 2 is 1.93 bits per heavy atom. The summed E-state index contributed by atoms with van der Waals surface area (Å²) < 4.78 is 0. The Labute approximate surface area is 170 Å². The lowest BCUT2D eigenvalue weighted by molar-refractivity contribution is 0.0951. The number of carbonyl (C=O) groups excluding carboxylic acids is 2. The molecule has 2 fully saturated rings. The number of urea groups is 1. The zero-order valence-corrected chi connectivity index (χ0v) is 16.6. The molecule has 2 aromatic carbocycles. The fourth-order valence-corrected chi connectivity index (χ4v) is 3.85. The predicted molar refractivity (Wildman–Crippen MR) is 111 cm³/mol. The summed E-state index contributed by atoms with van der Waals surface area (Å²) in [5, 5.41) is 6.67. The molecule has 6 heteroatoms. The van der Waals surface area contributed by atoms with Gasteiger partial charge in [0.05, 0.1) is 6.04 Å². The van der Waals surface area contributed by atoms with Gasteiger partial charge < -0.3 is 15.5 Å². The van der Waals surface area contributed by atoms with Gasteiger partial charge in [-0.3, -0.25) is 4.79 Å². The minimum Gasteiger partial charge on any atom is -0.349 e. The lowest BCUT2D eigenvalue weighted by Gasteiger charge is -2.26. The molecule has 2 N–H and O–H groups in total. The van der Waals surface area contributed by atoms with Crippen LogP contribution in [0.1, 0.15) is 53.2 Å². The molecule has 3 amide bonds. The molecule has 2 aromatic rings. The van der Waals surface area contributed by atoms with Crippen molar-refractivity contribution in [2.45, 2.75) is 44.7 Å². The molecule has 1 unspecified atom stereocenters. The van der Waals surface area contributed by atoms with Crippen molar-refractivity contribution in [1.82, 2.24) is 10.2 Å². The standard InChI is InChI=1S/C22H24ClN3O2/c1-14-7-8-16(21(27)24-18-9-10-18)13-19(14)25-22(28)26-11-3-6-20(26)15-4-2-5-17(23)12-15/h2,4-5,7-8,12-13,18,20H,3,6,9-11H2,1H3,(H,24,27)(H,25,28). The maximum Gasteiger partial charge on any atom is 0.322 e. The van der Waals surface area contributed by atoms with Crippen LogP contribution >= 0.6 is 11.6 Å². The molecular weight excluding hydrogens is 374 g/mol. The Balaban J connectivity index is 1.50. The lowest BCUT2D eigenvalue weighted by Crippen LogP contribution is -2.34. The molecule has 0 aromatic heterocycles. The number of carbonyl (C=O) groups is 2. The summed E-state index contributed by atoms with van der Waals surface area (Å²) in [6, 6.07) is 13.3. The van der Waals surface area contributed by atoms with Crippen molar-refractivity contribution in [2.75, 3.05) is 11.9 Å². The van der Waals surface area contributed by atoms with Crippen LogP contribution in [-0.4, -0.2) is 29.4 Å². The van der Waals surface area contributed by atoms with Crippen LogP contribution in [0.4, 0.5) is 10.5 Å². The van der Waals surface area contributed by atoms with E-state index in [4.69, 9.17) is 11.6 Å². The molecule has 1 aliphatic heterocycles. The van der Waals surface area contributed by atoms with Crippen LogP contribution in [0.3, 0.4) is 0 Å². The van der Waals surface area contributed by atoms with E-state index >= 15 is 0 Å². The maximum absolute atomic E-state index is 13.0. The van der Waals surface area contributed by atoms with E-state index in [1.54, 1.807) is 12.1 Å². The zero-order chi connectivity index (χ0) is 19.7. The van der Waals surface area contributed by atoms with E-state index in [2.05, 4.69) is 10.6 Å². The van der Waals surface area contributed by atoms with Gasteiger partial charge in [-0.25, -0.2) is 4.79 Å². The monoisotopic (exact) mass is 397 g/mol. The van der Waals surface area contributed by atoms with Gasteiger partial charge in [0.1, 0.15) is 0 Å². The van der Waals surface area contributed by atoms with Gasteiger partial charge in [-0.05, 0) is 68.0 Å². The van der Waals surface area contributed by atoms with Crippen LogP contribution < -0.4 is 10.6 Å². The van der Waals surface area contributed by atoms with Crippen molar-refractivity contribution in [3.63, 3.8) is 0 Å². The van der Waals surface area contributed by atoms with E-state index in [9.17, 15) is 9.59 Å². The molecule has 0 spiro atoms. The first-order valence-corrected chi connectivity index (χ1v) is 10.1. The van der Waals surface area contributed by atoms with E-state index in [1.807, 2.05) is 42.2 Å².